The van der Waals surface area contributed by atoms with Crippen molar-refractivity contribution in [2.45, 2.75) is 31.3 Å². The first-order valence-electron chi connectivity index (χ1n) is 10.5. The predicted octanol–water partition coefficient (Wildman–Crippen LogP) is 2.00. The predicted molar refractivity (Wildman–Crippen MR) is 117 cm³/mol. The summed E-state index contributed by atoms with van der Waals surface area (Å²) in [7, 11) is 1.63. The minimum Gasteiger partial charge on any atom is -0.497 e. The average molecular weight is 418 g/mol. The van der Waals surface area contributed by atoms with E-state index in [4.69, 9.17) is 4.74 Å². The second-order valence-electron chi connectivity index (χ2n) is 7.88. The number of carbonyl (C=O) groups excluding carboxylic acids is 2. The number of fused-ring (bicyclic) bond motifs is 1. The summed E-state index contributed by atoms with van der Waals surface area (Å²) in [5.74, 6) is 6.97. The van der Waals surface area contributed by atoms with Crippen LogP contribution in [0.15, 0.2) is 48.5 Å². The molecular formula is C25H26N2O4. The number of ether oxygens (including phenoxy) is 1. The van der Waals surface area contributed by atoms with Gasteiger partial charge in [-0.2, -0.15) is 0 Å². The number of amides is 2. The lowest BCUT2D eigenvalue weighted by Crippen LogP contribution is -2.73. The summed E-state index contributed by atoms with van der Waals surface area (Å²) >= 11 is 0. The Morgan fingerprint density at radius 3 is 2.58 bits per heavy atom. The third-order valence-electron chi connectivity index (χ3n) is 6.12. The van der Waals surface area contributed by atoms with Gasteiger partial charge >= 0.3 is 0 Å². The smallest absolute Gasteiger partial charge is 0.242 e. The van der Waals surface area contributed by atoms with Crippen molar-refractivity contribution in [1.29, 1.82) is 0 Å². The molecule has 0 aromatic heterocycles. The molecule has 2 aliphatic heterocycles. The van der Waals surface area contributed by atoms with Gasteiger partial charge in [-0.15, -0.1) is 0 Å². The van der Waals surface area contributed by atoms with Crippen LogP contribution in [0.3, 0.4) is 0 Å². The van der Waals surface area contributed by atoms with Crippen molar-refractivity contribution in [1.82, 2.24) is 9.80 Å². The molecule has 0 unspecified atom stereocenters. The second kappa shape index (κ2) is 8.83. The lowest BCUT2D eigenvalue weighted by atomic mass is 9.73. The Morgan fingerprint density at radius 1 is 1.16 bits per heavy atom. The van der Waals surface area contributed by atoms with Crippen LogP contribution in [0.5, 0.6) is 5.75 Å². The molecule has 160 valence electrons. The summed E-state index contributed by atoms with van der Waals surface area (Å²) in [6.45, 7) is 2.33. The molecule has 3 atom stereocenters. The summed E-state index contributed by atoms with van der Waals surface area (Å²) in [6.07, 6.45) is 0.384. The maximum Gasteiger partial charge on any atom is 0.242 e. The number of aliphatic hydroxyl groups is 1. The fourth-order valence-corrected chi connectivity index (χ4v) is 4.55. The maximum absolute atomic E-state index is 12.5. The van der Waals surface area contributed by atoms with E-state index < -0.39 is 0 Å². The number of nitrogens with zero attached hydrogens (tertiary/aromatic N) is 2. The molecule has 31 heavy (non-hydrogen) atoms. The van der Waals surface area contributed by atoms with Crippen LogP contribution >= 0.6 is 0 Å². The van der Waals surface area contributed by atoms with Crippen LogP contribution in [-0.2, 0) is 9.59 Å². The van der Waals surface area contributed by atoms with Crippen LogP contribution in [0.1, 0.15) is 36.0 Å². The fraction of sp³-hybridized carbons (Fsp3) is 0.360. The van der Waals surface area contributed by atoms with Crippen LogP contribution in [0.25, 0.3) is 0 Å². The van der Waals surface area contributed by atoms with Crippen LogP contribution in [0, 0.1) is 11.8 Å². The largest absolute Gasteiger partial charge is 0.497 e. The highest BCUT2D eigenvalue weighted by atomic mass is 16.5. The second-order valence-corrected chi connectivity index (χ2v) is 7.88. The van der Waals surface area contributed by atoms with Crippen molar-refractivity contribution >= 4 is 11.8 Å². The number of piperazine rings is 1. The summed E-state index contributed by atoms with van der Waals surface area (Å²) in [6, 6.07) is 15.2. The van der Waals surface area contributed by atoms with Crippen LogP contribution in [0.2, 0.25) is 0 Å². The number of methoxy groups -OCH3 is 1. The molecule has 2 amide bonds. The Labute approximate surface area is 182 Å². The van der Waals surface area contributed by atoms with Crippen molar-refractivity contribution in [3.8, 4) is 17.6 Å². The summed E-state index contributed by atoms with van der Waals surface area (Å²) in [5.41, 5.74) is 2.80. The summed E-state index contributed by atoms with van der Waals surface area (Å²) in [4.78, 5) is 28.1. The monoisotopic (exact) mass is 418 g/mol. The van der Waals surface area contributed by atoms with Gasteiger partial charge in [0.25, 0.3) is 0 Å². The van der Waals surface area contributed by atoms with E-state index in [-0.39, 0.29) is 43.0 Å². The first-order valence-corrected chi connectivity index (χ1v) is 10.5. The van der Waals surface area contributed by atoms with Crippen molar-refractivity contribution in [3.05, 3.63) is 65.2 Å². The normalized spacial score (nSPS) is 22.2. The molecule has 6 heteroatoms. The Kier molecular flexibility index (Phi) is 5.97. The third-order valence-corrected chi connectivity index (χ3v) is 6.12. The van der Waals surface area contributed by atoms with Gasteiger partial charge in [-0.25, -0.2) is 0 Å². The Hall–Kier alpha value is -3.30. The maximum atomic E-state index is 12.5. The van der Waals surface area contributed by atoms with E-state index in [0.717, 1.165) is 22.4 Å². The number of benzene rings is 2. The highest BCUT2D eigenvalue weighted by Crippen LogP contribution is 2.42. The number of rotatable bonds is 4. The fourth-order valence-electron chi connectivity index (χ4n) is 4.55. The third kappa shape index (κ3) is 4.01. The zero-order chi connectivity index (χ0) is 22.0. The molecule has 0 spiro atoms. The van der Waals surface area contributed by atoms with Gasteiger partial charge in [0.2, 0.25) is 11.8 Å². The van der Waals surface area contributed by atoms with Gasteiger partial charge in [-0.1, -0.05) is 37.0 Å². The Balaban J connectivity index is 1.52. The number of aliphatic hydroxyl groups excluding tert-OH is 1. The van der Waals surface area contributed by atoms with Crippen molar-refractivity contribution < 1.29 is 19.4 Å². The van der Waals surface area contributed by atoms with Crippen LogP contribution in [-0.4, -0.2) is 65.6 Å². The van der Waals surface area contributed by atoms with E-state index in [1.54, 1.807) is 23.8 Å². The number of hydrogen-bond donors (Lipinski definition) is 1. The molecule has 2 aromatic rings. The lowest BCUT2D eigenvalue weighted by molar-refractivity contribution is -0.166. The van der Waals surface area contributed by atoms with E-state index in [0.29, 0.717) is 13.0 Å². The molecular weight excluding hydrogens is 392 g/mol. The molecule has 2 heterocycles. The van der Waals surface area contributed by atoms with E-state index in [2.05, 4.69) is 11.8 Å². The van der Waals surface area contributed by atoms with Gasteiger partial charge in [-0.05, 0) is 35.9 Å². The quantitative estimate of drug-likeness (QED) is 0.772. The van der Waals surface area contributed by atoms with Crippen molar-refractivity contribution in [2.24, 2.45) is 0 Å². The topological polar surface area (TPSA) is 70.1 Å². The van der Waals surface area contributed by atoms with E-state index in [1.807, 2.05) is 48.5 Å². The molecule has 1 N–H and O–H groups in total. The van der Waals surface area contributed by atoms with Crippen molar-refractivity contribution in [3.63, 3.8) is 0 Å². The molecule has 0 radical (unpaired) electrons. The van der Waals surface area contributed by atoms with Crippen LogP contribution < -0.4 is 4.74 Å². The molecule has 6 nitrogen and oxygen atoms in total. The molecule has 4 rings (SSSR count). The van der Waals surface area contributed by atoms with Crippen LogP contribution in [0.4, 0.5) is 0 Å². The SMILES string of the molecule is CCC(=O)N1CC(=O)N2[C@H](CO)[C@@H](c3ccc(C#Cc4cccc(OC)c4)cc3)[C@@H]2C1. The van der Waals surface area contributed by atoms with Gasteiger partial charge in [0.1, 0.15) is 5.75 Å². The Morgan fingerprint density at radius 2 is 1.90 bits per heavy atom. The van der Waals surface area contributed by atoms with E-state index >= 15 is 0 Å². The Bertz CT molecular complexity index is 1040. The minimum atomic E-state index is -0.245. The summed E-state index contributed by atoms with van der Waals surface area (Å²) < 4.78 is 5.23. The molecule has 2 fully saturated rings. The zero-order valence-corrected chi connectivity index (χ0v) is 17.7. The first-order chi connectivity index (χ1) is 15.0. The van der Waals surface area contributed by atoms with E-state index in [9.17, 15) is 14.7 Å². The van der Waals surface area contributed by atoms with Crippen molar-refractivity contribution in [2.75, 3.05) is 26.8 Å². The van der Waals surface area contributed by atoms with E-state index in [1.165, 1.54) is 0 Å². The van der Waals surface area contributed by atoms with Gasteiger partial charge < -0.3 is 19.6 Å². The minimum absolute atomic E-state index is 0.00167. The molecule has 2 aromatic carbocycles. The molecule has 2 aliphatic rings. The van der Waals surface area contributed by atoms with Gasteiger partial charge in [0, 0.05) is 30.0 Å². The zero-order valence-electron chi connectivity index (χ0n) is 17.7. The summed E-state index contributed by atoms with van der Waals surface area (Å²) in [5, 5.41) is 9.90. The molecule has 2 saturated heterocycles. The first kappa shape index (κ1) is 21.0. The lowest BCUT2D eigenvalue weighted by Gasteiger charge is -2.58. The molecule has 0 saturated carbocycles. The highest BCUT2D eigenvalue weighted by Gasteiger charge is 2.54. The standard InChI is InChI=1S/C25H26N2O4/c1-3-23(29)26-14-21-25(22(16-28)27(21)24(30)15-26)19-11-9-17(10-12-19)7-8-18-5-4-6-20(13-18)31-2/h4-6,9-13,21-22,25,28H,3,14-16H2,1-2H3/t21-,22+,25-/m0/s1. The average Bonchev–Trinajstić information content (AvgIpc) is 2.79. The van der Waals surface area contributed by atoms with Gasteiger partial charge in [0.05, 0.1) is 32.3 Å². The number of hydrogen-bond acceptors (Lipinski definition) is 4. The molecule has 0 aliphatic carbocycles. The molecule has 0 bridgehead atoms. The van der Waals surface area contributed by atoms with Gasteiger partial charge in [-0.3, -0.25) is 9.59 Å². The van der Waals surface area contributed by atoms with Gasteiger partial charge in [0.15, 0.2) is 0 Å². The number of carbonyl (C=O) groups is 2. The highest BCUT2D eigenvalue weighted by molar-refractivity contribution is 5.87.